The van der Waals surface area contributed by atoms with Crippen LogP contribution in [-0.2, 0) is 4.74 Å². The van der Waals surface area contributed by atoms with Gasteiger partial charge in [-0.3, -0.25) is 0 Å². The Morgan fingerprint density at radius 2 is 2.23 bits per heavy atom. The van der Waals surface area contributed by atoms with Crippen LogP contribution in [-0.4, -0.2) is 25.0 Å². The molecular formula is C10H18N2O. The highest BCUT2D eigenvalue weighted by Gasteiger charge is 2.21. The SMILES string of the molecule is CC1CC(/C=N/NC2CC2)CCO1. The minimum absolute atomic E-state index is 0.408. The normalized spacial score (nSPS) is 35.2. The molecule has 1 aliphatic carbocycles. The molecule has 0 bridgehead atoms. The third kappa shape index (κ3) is 2.99. The van der Waals surface area contributed by atoms with E-state index in [0.717, 1.165) is 19.4 Å². The first-order chi connectivity index (χ1) is 6.34. The molecule has 2 unspecified atom stereocenters. The zero-order valence-electron chi connectivity index (χ0n) is 8.20. The summed E-state index contributed by atoms with van der Waals surface area (Å²) in [5.74, 6) is 0.620. The van der Waals surface area contributed by atoms with Crippen molar-refractivity contribution < 1.29 is 4.74 Å². The maximum atomic E-state index is 5.47. The van der Waals surface area contributed by atoms with Gasteiger partial charge in [-0.1, -0.05) is 0 Å². The van der Waals surface area contributed by atoms with Crippen LogP contribution in [0.15, 0.2) is 5.10 Å². The van der Waals surface area contributed by atoms with Gasteiger partial charge in [-0.05, 0) is 32.6 Å². The van der Waals surface area contributed by atoms with Crippen LogP contribution in [0.5, 0.6) is 0 Å². The predicted octanol–water partition coefficient (Wildman–Crippen LogP) is 1.54. The highest BCUT2D eigenvalue weighted by molar-refractivity contribution is 5.60. The van der Waals surface area contributed by atoms with Crippen LogP contribution in [0.25, 0.3) is 0 Å². The Hall–Kier alpha value is -0.570. The van der Waals surface area contributed by atoms with E-state index in [2.05, 4.69) is 23.7 Å². The molecule has 2 fully saturated rings. The number of ether oxygens (including phenoxy) is 1. The number of hydrazone groups is 1. The molecule has 0 amide bonds. The maximum Gasteiger partial charge on any atom is 0.0553 e. The number of hydrogen-bond acceptors (Lipinski definition) is 3. The lowest BCUT2D eigenvalue weighted by molar-refractivity contribution is 0.0170. The lowest BCUT2D eigenvalue weighted by atomic mass is 9.98. The summed E-state index contributed by atoms with van der Waals surface area (Å²) in [4.78, 5) is 0. The van der Waals surface area contributed by atoms with E-state index in [1.807, 2.05) is 0 Å². The number of hydrogen-bond donors (Lipinski definition) is 1. The van der Waals surface area contributed by atoms with Crippen molar-refractivity contribution in [2.75, 3.05) is 6.61 Å². The summed E-state index contributed by atoms with van der Waals surface area (Å²) in [5, 5.41) is 4.26. The maximum absolute atomic E-state index is 5.47. The molecule has 0 aromatic heterocycles. The molecule has 0 aromatic rings. The molecule has 2 rings (SSSR count). The molecule has 0 spiro atoms. The van der Waals surface area contributed by atoms with Crippen LogP contribution < -0.4 is 5.43 Å². The first-order valence-corrected chi connectivity index (χ1v) is 5.25. The molecule has 3 nitrogen and oxygen atoms in total. The van der Waals surface area contributed by atoms with E-state index >= 15 is 0 Å². The first-order valence-electron chi connectivity index (χ1n) is 5.25. The third-order valence-electron chi connectivity index (χ3n) is 2.65. The van der Waals surface area contributed by atoms with Crippen molar-refractivity contribution >= 4 is 6.21 Å². The van der Waals surface area contributed by atoms with Gasteiger partial charge in [-0.25, -0.2) is 0 Å². The van der Waals surface area contributed by atoms with Crippen molar-refractivity contribution in [3.05, 3.63) is 0 Å². The van der Waals surface area contributed by atoms with E-state index in [4.69, 9.17) is 4.74 Å². The molecule has 0 radical (unpaired) electrons. The van der Waals surface area contributed by atoms with Gasteiger partial charge in [0.25, 0.3) is 0 Å². The van der Waals surface area contributed by atoms with E-state index in [1.54, 1.807) is 0 Å². The van der Waals surface area contributed by atoms with E-state index < -0.39 is 0 Å². The second-order valence-electron chi connectivity index (χ2n) is 4.15. The molecule has 1 aliphatic heterocycles. The Bertz CT molecular complexity index is 189. The fraction of sp³-hybridized carbons (Fsp3) is 0.900. The van der Waals surface area contributed by atoms with E-state index in [9.17, 15) is 0 Å². The highest BCUT2D eigenvalue weighted by Crippen LogP contribution is 2.20. The lowest BCUT2D eigenvalue weighted by Gasteiger charge is -2.24. The van der Waals surface area contributed by atoms with Gasteiger partial charge in [0.2, 0.25) is 0 Å². The fourth-order valence-electron chi connectivity index (χ4n) is 1.63. The average molecular weight is 182 g/mol. The minimum atomic E-state index is 0.408. The van der Waals surface area contributed by atoms with Gasteiger partial charge >= 0.3 is 0 Å². The topological polar surface area (TPSA) is 33.6 Å². The van der Waals surface area contributed by atoms with Crippen LogP contribution in [0.2, 0.25) is 0 Å². The van der Waals surface area contributed by atoms with Gasteiger partial charge < -0.3 is 10.2 Å². The van der Waals surface area contributed by atoms with Gasteiger partial charge in [0.05, 0.1) is 6.10 Å². The molecule has 74 valence electrons. The second kappa shape index (κ2) is 4.09. The lowest BCUT2D eigenvalue weighted by Crippen LogP contribution is -2.24. The number of rotatable bonds is 3. The van der Waals surface area contributed by atoms with Crippen molar-refractivity contribution in [3.63, 3.8) is 0 Å². The summed E-state index contributed by atoms with van der Waals surface area (Å²) in [6, 6.07) is 0.675. The highest BCUT2D eigenvalue weighted by atomic mass is 16.5. The molecule has 3 heteroatoms. The Balaban J connectivity index is 1.69. The first kappa shape index (κ1) is 9.00. The smallest absolute Gasteiger partial charge is 0.0553 e. The zero-order chi connectivity index (χ0) is 9.10. The minimum Gasteiger partial charge on any atom is -0.378 e. The Kier molecular flexibility index (Phi) is 2.83. The van der Waals surface area contributed by atoms with Gasteiger partial charge in [-0.15, -0.1) is 0 Å². The summed E-state index contributed by atoms with van der Waals surface area (Å²) < 4.78 is 5.47. The van der Waals surface area contributed by atoms with Crippen LogP contribution >= 0.6 is 0 Å². The predicted molar refractivity (Wildman–Crippen MR) is 52.8 cm³/mol. The molecule has 1 saturated heterocycles. The molecule has 2 aliphatic rings. The molecule has 1 saturated carbocycles. The Morgan fingerprint density at radius 1 is 1.38 bits per heavy atom. The number of nitrogens with one attached hydrogen (secondary N) is 1. The number of nitrogens with zero attached hydrogens (tertiary/aromatic N) is 1. The third-order valence-corrected chi connectivity index (χ3v) is 2.65. The van der Waals surface area contributed by atoms with E-state index in [0.29, 0.717) is 18.1 Å². The van der Waals surface area contributed by atoms with Gasteiger partial charge in [0, 0.05) is 24.8 Å². The van der Waals surface area contributed by atoms with Gasteiger partial charge in [-0.2, -0.15) is 5.10 Å². The van der Waals surface area contributed by atoms with Crippen molar-refractivity contribution in [2.45, 2.75) is 44.8 Å². The van der Waals surface area contributed by atoms with Gasteiger partial charge in [0.1, 0.15) is 0 Å². The van der Waals surface area contributed by atoms with Crippen molar-refractivity contribution in [3.8, 4) is 0 Å². The van der Waals surface area contributed by atoms with E-state index in [1.165, 1.54) is 12.8 Å². The van der Waals surface area contributed by atoms with E-state index in [-0.39, 0.29) is 0 Å². The molecule has 2 atom stereocenters. The van der Waals surface area contributed by atoms with Crippen LogP contribution in [0, 0.1) is 5.92 Å². The second-order valence-corrected chi connectivity index (χ2v) is 4.15. The summed E-state index contributed by atoms with van der Waals surface area (Å²) in [5.41, 5.74) is 3.15. The van der Waals surface area contributed by atoms with Crippen LogP contribution in [0.3, 0.4) is 0 Å². The average Bonchev–Trinajstić information content (AvgIpc) is 2.88. The molecule has 1 N–H and O–H groups in total. The summed E-state index contributed by atoms with van der Waals surface area (Å²) in [6.07, 6.45) is 7.31. The van der Waals surface area contributed by atoms with Crippen LogP contribution in [0.1, 0.15) is 32.6 Å². The Morgan fingerprint density at radius 3 is 2.92 bits per heavy atom. The Labute approximate surface area is 79.5 Å². The molecule has 13 heavy (non-hydrogen) atoms. The fourth-order valence-corrected chi connectivity index (χ4v) is 1.63. The molecular weight excluding hydrogens is 164 g/mol. The van der Waals surface area contributed by atoms with Crippen molar-refractivity contribution in [1.82, 2.24) is 5.43 Å². The summed E-state index contributed by atoms with van der Waals surface area (Å²) in [6.45, 7) is 3.02. The summed E-state index contributed by atoms with van der Waals surface area (Å²) in [7, 11) is 0. The largest absolute Gasteiger partial charge is 0.378 e. The molecule has 0 aromatic carbocycles. The van der Waals surface area contributed by atoms with Crippen LogP contribution in [0.4, 0.5) is 0 Å². The van der Waals surface area contributed by atoms with Gasteiger partial charge in [0.15, 0.2) is 0 Å². The molecule has 1 heterocycles. The van der Waals surface area contributed by atoms with Crippen molar-refractivity contribution in [1.29, 1.82) is 0 Å². The standard InChI is InChI=1S/C10H18N2O/c1-8-6-9(4-5-13-8)7-11-12-10-2-3-10/h7-10,12H,2-6H2,1H3/b11-7+. The monoisotopic (exact) mass is 182 g/mol. The summed E-state index contributed by atoms with van der Waals surface area (Å²) >= 11 is 0. The van der Waals surface area contributed by atoms with Crippen molar-refractivity contribution in [2.24, 2.45) is 11.0 Å². The zero-order valence-corrected chi connectivity index (χ0v) is 8.20. The quantitative estimate of drug-likeness (QED) is 0.530.